The molecule has 0 saturated carbocycles. The van der Waals surface area contributed by atoms with Gasteiger partial charge in [0.05, 0.1) is 23.8 Å². The first-order valence-corrected chi connectivity index (χ1v) is 7.43. The highest BCUT2D eigenvalue weighted by atomic mass is 35.5. The van der Waals surface area contributed by atoms with E-state index in [0.717, 1.165) is 23.9 Å². The molecule has 0 aliphatic rings. The van der Waals surface area contributed by atoms with Crippen molar-refractivity contribution >= 4 is 11.6 Å². The van der Waals surface area contributed by atoms with Gasteiger partial charge in [-0.25, -0.2) is 4.98 Å². The summed E-state index contributed by atoms with van der Waals surface area (Å²) >= 11 is 5.98. The minimum atomic E-state index is -4.42. The highest BCUT2D eigenvalue weighted by molar-refractivity contribution is 6.32. The molecule has 0 fully saturated rings. The molecule has 0 spiro atoms. The number of hydrogen-bond acceptors (Lipinski definition) is 4. The van der Waals surface area contributed by atoms with E-state index in [1.54, 1.807) is 13.0 Å². The molecule has 2 rings (SSSR count). The molecule has 0 unspecified atom stereocenters. The van der Waals surface area contributed by atoms with Crippen LogP contribution in [0.2, 0.25) is 5.02 Å². The fourth-order valence-electron chi connectivity index (χ4n) is 1.90. The Kier molecular flexibility index (Phi) is 5.77. The maximum atomic E-state index is 12.4. The molecule has 130 valence electrons. The van der Waals surface area contributed by atoms with Crippen molar-refractivity contribution in [2.75, 3.05) is 13.2 Å². The average molecular weight is 362 g/mol. The summed E-state index contributed by atoms with van der Waals surface area (Å²) in [6.07, 6.45) is -3.27. The summed E-state index contributed by atoms with van der Waals surface area (Å²) in [5.74, 6) is 0.236. The van der Waals surface area contributed by atoms with Gasteiger partial charge in [0.1, 0.15) is 0 Å². The Bertz CT molecular complexity index is 667. The molecule has 0 bridgehead atoms. The molecule has 4 nitrogen and oxygen atoms in total. The Hall–Kier alpha value is -2.15. The van der Waals surface area contributed by atoms with Gasteiger partial charge in [-0.05, 0) is 30.7 Å². The smallest absolute Gasteiger partial charge is 0.417 e. The van der Waals surface area contributed by atoms with Gasteiger partial charge in [-0.1, -0.05) is 11.6 Å². The third-order valence-corrected chi connectivity index (χ3v) is 3.30. The predicted molar refractivity (Wildman–Crippen MR) is 82.7 cm³/mol. The standard InChI is InChI=1S/C16H15ClF3NO3/c1-10-7-12(17)15(13(22)8-10)24-6-2-5-23-14-4-3-11(9-21-14)16(18,19)20/h3-4,7-9,22H,2,5-6H2,1H3. The molecule has 1 heterocycles. The van der Waals surface area contributed by atoms with Crippen LogP contribution in [-0.2, 0) is 6.18 Å². The zero-order valence-corrected chi connectivity index (χ0v) is 13.5. The van der Waals surface area contributed by atoms with Gasteiger partial charge in [-0.2, -0.15) is 13.2 Å². The number of aromatic hydroxyl groups is 1. The van der Waals surface area contributed by atoms with Crippen LogP contribution in [-0.4, -0.2) is 23.3 Å². The quantitative estimate of drug-likeness (QED) is 0.763. The fourth-order valence-corrected chi connectivity index (χ4v) is 2.22. The number of aryl methyl sites for hydroxylation is 1. The molecule has 0 aliphatic heterocycles. The van der Waals surface area contributed by atoms with E-state index in [4.69, 9.17) is 21.1 Å². The van der Waals surface area contributed by atoms with Crippen molar-refractivity contribution < 1.29 is 27.8 Å². The number of ether oxygens (including phenoxy) is 2. The van der Waals surface area contributed by atoms with Crippen molar-refractivity contribution in [2.45, 2.75) is 19.5 Å². The lowest BCUT2D eigenvalue weighted by molar-refractivity contribution is -0.137. The lowest BCUT2D eigenvalue weighted by Crippen LogP contribution is -2.08. The van der Waals surface area contributed by atoms with E-state index in [1.807, 2.05) is 0 Å². The largest absolute Gasteiger partial charge is 0.504 e. The van der Waals surface area contributed by atoms with Crippen LogP contribution in [0.1, 0.15) is 17.5 Å². The SMILES string of the molecule is Cc1cc(O)c(OCCCOc2ccc(C(F)(F)F)cn2)c(Cl)c1. The Balaban J connectivity index is 1.78. The van der Waals surface area contributed by atoms with E-state index in [9.17, 15) is 18.3 Å². The molecule has 24 heavy (non-hydrogen) atoms. The Labute approximate surface area is 141 Å². The van der Waals surface area contributed by atoms with Gasteiger partial charge in [-0.15, -0.1) is 0 Å². The van der Waals surface area contributed by atoms with E-state index in [-0.39, 0.29) is 30.6 Å². The van der Waals surface area contributed by atoms with Crippen LogP contribution in [0.15, 0.2) is 30.5 Å². The number of alkyl halides is 3. The van der Waals surface area contributed by atoms with Gasteiger partial charge in [0.2, 0.25) is 5.88 Å². The van der Waals surface area contributed by atoms with Crippen LogP contribution >= 0.6 is 11.6 Å². The zero-order valence-electron chi connectivity index (χ0n) is 12.7. The summed E-state index contributed by atoms with van der Waals surface area (Å²) in [6.45, 7) is 2.21. The topological polar surface area (TPSA) is 51.6 Å². The van der Waals surface area contributed by atoms with Gasteiger partial charge in [-0.3, -0.25) is 0 Å². The van der Waals surface area contributed by atoms with Crippen molar-refractivity contribution in [2.24, 2.45) is 0 Å². The first kappa shape index (κ1) is 18.2. The number of hydrogen-bond donors (Lipinski definition) is 1. The van der Waals surface area contributed by atoms with Crippen molar-refractivity contribution in [3.63, 3.8) is 0 Å². The number of benzene rings is 1. The van der Waals surface area contributed by atoms with Crippen molar-refractivity contribution in [1.29, 1.82) is 0 Å². The van der Waals surface area contributed by atoms with Gasteiger partial charge < -0.3 is 14.6 Å². The van der Waals surface area contributed by atoms with Crippen molar-refractivity contribution in [3.8, 4) is 17.4 Å². The van der Waals surface area contributed by atoms with Gasteiger partial charge in [0, 0.05) is 18.7 Å². The molecule has 2 aromatic rings. The second kappa shape index (κ2) is 7.61. The molecule has 8 heteroatoms. The van der Waals surface area contributed by atoms with Crippen LogP contribution in [0.25, 0.3) is 0 Å². The molecule has 0 radical (unpaired) electrons. The molecule has 0 atom stereocenters. The van der Waals surface area contributed by atoms with E-state index in [1.165, 1.54) is 6.07 Å². The van der Waals surface area contributed by atoms with Crippen LogP contribution in [0.3, 0.4) is 0 Å². The summed E-state index contributed by atoms with van der Waals surface area (Å²) in [5, 5.41) is 10.1. The Morgan fingerprint density at radius 1 is 1.17 bits per heavy atom. The summed E-state index contributed by atoms with van der Waals surface area (Å²) in [6, 6.07) is 5.26. The normalized spacial score (nSPS) is 11.4. The van der Waals surface area contributed by atoms with E-state index in [2.05, 4.69) is 4.98 Å². The summed E-state index contributed by atoms with van der Waals surface area (Å²) in [7, 11) is 0. The van der Waals surface area contributed by atoms with E-state index >= 15 is 0 Å². The third-order valence-electron chi connectivity index (χ3n) is 3.02. The minimum Gasteiger partial charge on any atom is -0.504 e. The predicted octanol–water partition coefficient (Wildman–Crippen LogP) is 4.62. The summed E-state index contributed by atoms with van der Waals surface area (Å²) < 4.78 is 47.8. The molecule has 0 aliphatic carbocycles. The average Bonchev–Trinajstić information content (AvgIpc) is 2.48. The van der Waals surface area contributed by atoms with Crippen LogP contribution < -0.4 is 9.47 Å². The van der Waals surface area contributed by atoms with E-state index in [0.29, 0.717) is 11.4 Å². The highest BCUT2D eigenvalue weighted by Gasteiger charge is 2.30. The van der Waals surface area contributed by atoms with Gasteiger partial charge in [0.25, 0.3) is 0 Å². The number of nitrogens with zero attached hydrogens (tertiary/aromatic N) is 1. The van der Waals surface area contributed by atoms with Crippen LogP contribution in [0.4, 0.5) is 13.2 Å². The monoisotopic (exact) mass is 361 g/mol. The number of halogens is 4. The number of aromatic nitrogens is 1. The van der Waals surface area contributed by atoms with Crippen molar-refractivity contribution in [1.82, 2.24) is 4.98 Å². The first-order valence-electron chi connectivity index (χ1n) is 7.05. The first-order chi connectivity index (χ1) is 11.3. The highest BCUT2D eigenvalue weighted by Crippen LogP contribution is 2.35. The second-order valence-corrected chi connectivity index (χ2v) is 5.44. The molecule has 1 N–H and O–H groups in total. The maximum Gasteiger partial charge on any atom is 0.417 e. The number of pyridine rings is 1. The third kappa shape index (κ3) is 4.92. The Morgan fingerprint density at radius 3 is 2.46 bits per heavy atom. The van der Waals surface area contributed by atoms with Gasteiger partial charge >= 0.3 is 6.18 Å². The molecular formula is C16H15ClF3NO3. The van der Waals surface area contributed by atoms with Crippen LogP contribution in [0.5, 0.6) is 17.4 Å². The zero-order chi connectivity index (χ0) is 17.7. The Morgan fingerprint density at radius 2 is 1.88 bits per heavy atom. The fraction of sp³-hybridized carbons (Fsp3) is 0.312. The number of phenols is 1. The van der Waals surface area contributed by atoms with E-state index < -0.39 is 11.7 Å². The number of rotatable bonds is 6. The van der Waals surface area contributed by atoms with Gasteiger partial charge in [0.15, 0.2) is 11.5 Å². The second-order valence-electron chi connectivity index (χ2n) is 5.03. The molecule has 1 aromatic heterocycles. The maximum absolute atomic E-state index is 12.4. The molecule has 0 amide bonds. The molecule has 1 aromatic carbocycles. The summed E-state index contributed by atoms with van der Waals surface area (Å²) in [5.41, 5.74) is -0.0239. The minimum absolute atomic E-state index is 0.0506. The van der Waals surface area contributed by atoms with Crippen LogP contribution in [0, 0.1) is 6.92 Å². The van der Waals surface area contributed by atoms with Crippen molar-refractivity contribution in [3.05, 3.63) is 46.6 Å². The lowest BCUT2D eigenvalue weighted by atomic mass is 10.2. The molecular weight excluding hydrogens is 347 g/mol. The lowest BCUT2D eigenvalue weighted by Gasteiger charge is -2.11. The summed E-state index contributed by atoms with van der Waals surface area (Å²) in [4.78, 5) is 3.59. The molecule has 0 saturated heterocycles. The number of phenolic OH excluding ortho intramolecular Hbond substituents is 1.